The zero-order chi connectivity index (χ0) is 20.0. The number of nitro groups is 1. The van der Waals surface area contributed by atoms with Crippen LogP contribution in [0.4, 0.5) is 11.4 Å². The number of nitrogens with two attached hydrogens (primary N) is 1. The molecule has 0 atom stereocenters. The van der Waals surface area contributed by atoms with Gasteiger partial charge in [0.1, 0.15) is 11.4 Å². The van der Waals surface area contributed by atoms with Gasteiger partial charge in [0, 0.05) is 6.07 Å². The van der Waals surface area contributed by atoms with Crippen molar-refractivity contribution in [3.05, 3.63) is 58.1 Å². The van der Waals surface area contributed by atoms with Crippen molar-refractivity contribution < 1.29 is 18.1 Å². The van der Waals surface area contributed by atoms with Gasteiger partial charge < -0.3 is 4.74 Å². The molecule has 3 N–H and O–H groups in total. The van der Waals surface area contributed by atoms with Crippen LogP contribution in [0.15, 0.2) is 52.5 Å². The Bertz CT molecular complexity index is 956. The molecular weight excluding hydrogens is 372 g/mol. The van der Waals surface area contributed by atoms with Gasteiger partial charge in [0.2, 0.25) is 10.0 Å². The molecule has 0 unspecified atom stereocenters. The first-order valence-corrected chi connectivity index (χ1v) is 9.61. The predicted octanol–water partition coefficient (Wildman–Crippen LogP) is 2.87. The van der Waals surface area contributed by atoms with Crippen LogP contribution in [0.25, 0.3) is 0 Å². The average molecular weight is 392 g/mol. The van der Waals surface area contributed by atoms with Crippen LogP contribution in [-0.4, -0.2) is 25.7 Å². The highest BCUT2D eigenvalue weighted by Gasteiger charge is 2.19. The van der Waals surface area contributed by atoms with E-state index in [2.05, 4.69) is 10.5 Å². The van der Waals surface area contributed by atoms with Gasteiger partial charge >= 0.3 is 0 Å². The van der Waals surface area contributed by atoms with Crippen LogP contribution in [-0.2, 0) is 10.0 Å². The molecule has 0 saturated carbocycles. The molecule has 0 saturated heterocycles. The van der Waals surface area contributed by atoms with Gasteiger partial charge in [0.05, 0.1) is 22.1 Å². The molecule has 0 amide bonds. The van der Waals surface area contributed by atoms with Crippen LogP contribution in [0.5, 0.6) is 5.75 Å². The molecule has 2 rings (SSSR count). The van der Waals surface area contributed by atoms with Crippen LogP contribution < -0.4 is 15.3 Å². The maximum absolute atomic E-state index is 11.4. The van der Waals surface area contributed by atoms with Crippen molar-refractivity contribution in [3.8, 4) is 5.75 Å². The summed E-state index contributed by atoms with van der Waals surface area (Å²) in [6.07, 6.45) is 0.912. The van der Waals surface area contributed by atoms with E-state index in [0.717, 1.165) is 23.8 Å². The first kappa shape index (κ1) is 20.3. The summed E-state index contributed by atoms with van der Waals surface area (Å²) < 4.78 is 28.2. The largest absolute Gasteiger partial charge is 0.494 e. The molecule has 0 aliphatic carbocycles. The summed E-state index contributed by atoms with van der Waals surface area (Å²) in [4.78, 5) is 10.2. The van der Waals surface area contributed by atoms with Crippen LogP contribution in [0, 0.1) is 10.1 Å². The van der Waals surface area contributed by atoms with Gasteiger partial charge in [-0.1, -0.05) is 6.92 Å². The Morgan fingerprint density at radius 3 is 2.48 bits per heavy atom. The molecule has 0 bridgehead atoms. The van der Waals surface area contributed by atoms with Crippen LogP contribution in [0.1, 0.15) is 25.8 Å². The highest BCUT2D eigenvalue weighted by atomic mass is 32.2. The van der Waals surface area contributed by atoms with Crippen molar-refractivity contribution in [3.63, 3.8) is 0 Å². The highest BCUT2D eigenvalue weighted by molar-refractivity contribution is 7.89. The summed E-state index contributed by atoms with van der Waals surface area (Å²) in [5.41, 5.74) is 3.59. The lowest BCUT2D eigenvalue weighted by atomic mass is 10.1. The number of ether oxygens (including phenoxy) is 1. The second-order valence-electron chi connectivity index (χ2n) is 5.66. The number of anilines is 1. The van der Waals surface area contributed by atoms with E-state index in [4.69, 9.17) is 9.88 Å². The van der Waals surface area contributed by atoms with Crippen molar-refractivity contribution >= 4 is 27.1 Å². The summed E-state index contributed by atoms with van der Waals surface area (Å²) in [6.45, 7) is 4.39. The monoisotopic (exact) mass is 392 g/mol. The summed E-state index contributed by atoms with van der Waals surface area (Å²) >= 11 is 0. The number of hydrazone groups is 1. The third kappa shape index (κ3) is 5.50. The fourth-order valence-electron chi connectivity index (χ4n) is 2.15. The third-order valence-corrected chi connectivity index (χ3v) is 4.49. The van der Waals surface area contributed by atoms with Gasteiger partial charge in [-0.3, -0.25) is 15.5 Å². The molecule has 0 aliphatic rings. The van der Waals surface area contributed by atoms with E-state index in [1.165, 1.54) is 12.1 Å². The van der Waals surface area contributed by atoms with E-state index in [-0.39, 0.29) is 10.6 Å². The number of nitrogens with zero attached hydrogens (tertiary/aromatic N) is 2. The maximum Gasteiger partial charge on any atom is 0.295 e. The van der Waals surface area contributed by atoms with Gasteiger partial charge in [-0.05, 0) is 55.3 Å². The zero-order valence-electron chi connectivity index (χ0n) is 14.9. The Balaban J connectivity index is 2.22. The number of nitrogens with one attached hydrogen (secondary N) is 1. The minimum atomic E-state index is -4.04. The summed E-state index contributed by atoms with van der Waals surface area (Å²) in [6, 6.07) is 10.6. The SMILES string of the molecule is CCCOc1ccc(/C(C)=N\Nc2ccc(S(N)(=O)=O)cc2[N+](=O)[O-])cc1. The Kier molecular flexibility index (Phi) is 6.48. The lowest BCUT2D eigenvalue weighted by molar-refractivity contribution is -0.384. The quantitative estimate of drug-likeness (QED) is 0.402. The van der Waals surface area contributed by atoms with E-state index in [1.54, 1.807) is 6.92 Å². The van der Waals surface area contributed by atoms with E-state index in [0.29, 0.717) is 12.3 Å². The number of benzene rings is 2. The molecule has 9 nitrogen and oxygen atoms in total. The maximum atomic E-state index is 11.4. The van der Waals surface area contributed by atoms with Crippen molar-refractivity contribution in [2.75, 3.05) is 12.0 Å². The summed E-state index contributed by atoms with van der Waals surface area (Å²) in [7, 11) is -4.04. The van der Waals surface area contributed by atoms with Crippen molar-refractivity contribution in [2.24, 2.45) is 10.2 Å². The number of primary sulfonamides is 1. The van der Waals surface area contributed by atoms with Crippen molar-refractivity contribution in [1.29, 1.82) is 0 Å². The minimum absolute atomic E-state index is 0.0506. The van der Waals surface area contributed by atoms with Crippen molar-refractivity contribution in [2.45, 2.75) is 25.2 Å². The lowest BCUT2D eigenvalue weighted by Gasteiger charge is -2.07. The van der Waals surface area contributed by atoms with Crippen molar-refractivity contribution in [1.82, 2.24) is 0 Å². The van der Waals surface area contributed by atoms with E-state index in [9.17, 15) is 18.5 Å². The molecule has 0 aliphatic heterocycles. The average Bonchev–Trinajstić information content (AvgIpc) is 2.63. The van der Waals surface area contributed by atoms with Gasteiger partial charge in [-0.15, -0.1) is 0 Å². The summed E-state index contributed by atoms with van der Waals surface area (Å²) in [5.74, 6) is 0.746. The van der Waals surface area contributed by atoms with Gasteiger partial charge in [-0.25, -0.2) is 13.6 Å². The Labute approximate surface area is 157 Å². The van der Waals surface area contributed by atoms with Crippen LogP contribution in [0.3, 0.4) is 0 Å². The molecular formula is C17H20N4O5S. The predicted molar refractivity (Wildman–Crippen MR) is 103 cm³/mol. The third-order valence-electron chi connectivity index (χ3n) is 3.58. The Hall–Kier alpha value is -2.98. The van der Waals surface area contributed by atoms with E-state index in [1.807, 2.05) is 31.2 Å². The minimum Gasteiger partial charge on any atom is -0.494 e. The fourth-order valence-corrected chi connectivity index (χ4v) is 2.69. The molecule has 10 heteroatoms. The molecule has 144 valence electrons. The smallest absolute Gasteiger partial charge is 0.295 e. The molecule has 0 radical (unpaired) electrons. The number of nitro benzene ring substituents is 1. The Morgan fingerprint density at radius 2 is 1.93 bits per heavy atom. The molecule has 0 spiro atoms. The van der Waals surface area contributed by atoms with Gasteiger partial charge in [0.25, 0.3) is 5.69 Å². The molecule has 2 aromatic carbocycles. The molecule has 2 aromatic rings. The topological polar surface area (TPSA) is 137 Å². The first-order chi connectivity index (χ1) is 12.7. The number of hydrogen-bond donors (Lipinski definition) is 2. The highest BCUT2D eigenvalue weighted by Crippen LogP contribution is 2.27. The second kappa shape index (κ2) is 8.60. The molecule has 0 heterocycles. The summed E-state index contributed by atoms with van der Waals surface area (Å²) in [5, 5.41) is 20.3. The zero-order valence-corrected chi connectivity index (χ0v) is 15.7. The molecule has 27 heavy (non-hydrogen) atoms. The number of sulfonamides is 1. The molecule has 0 aromatic heterocycles. The van der Waals surface area contributed by atoms with E-state index >= 15 is 0 Å². The molecule has 0 fully saturated rings. The second-order valence-corrected chi connectivity index (χ2v) is 7.22. The standard InChI is InChI=1S/C17H20N4O5S/c1-3-10-26-14-6-4-13(5-7-14)12(2)19-20-16-9-8-15(27(18,24)25)11-17(16)21(22)23/h4-9,11,20H,3,10H2,1-2H3,(H2,18,24,25)/b19-12-. The number of hydrogen-bond acceptors (Lipinski definition) is 7. The Morgan fingerprint density at radius 1 is 1.26 bits per heavy atom. The number of rotatable bonds is 8. The fraction of sp³-hybridized carbons (Fsp3) is 0.235. The van der Waals surface area contributed by atoms with Gasteiger partial charge in [0.15, 0.2) is 0 Å². The first-order valence-electron chi connectivity index (χ1n) is 8.07. The van der Waals surface area contributed by atoms with Crippen LogP contribution >= 0.6 is 0 Å². The van der Waals surface area contributed by atoms with E-state index < -0.39 is 20.6 Å². The van der Waals surface area contributed by atoms with Crippen LogP contribution in [0.2, 0.25) is 0 Å². The lowest BCUT2D eigenvalue weighted by Crippen LogP contribution is -2.12. The van der Waals surface area contributed by atoms with Gasteiger partial charge in [-0.2, -0.15) is 5.10 Å². The normalized spacial score (nSPS) is 11.9.